The largest absolute Gasteiger partial charge is 0.489 e. The Morgan fingerprint density at radius 2 is 1.82 bits per heavy atom. The number of hydrogen-bond acceptors (Lipinski definition) is 6. The lowest BCUT2D eigenvalue weighted by Gasteiger charge is -2.33. The van der Waals surface area contributed by atoms with Gasteiger partial charge in [-0.1, -0.05) is 26.0 Å². The summed E-state index contributed by atoms with van der Waals surface area (Å²) in [5.41, 5.74) is 2.44. The average molecular weight is 602 g/mol. The number of aromatic nitrogens is 2. The molecule has 2 amide bonds. The summed E-state index contributed by atoms with van der Waals surface area (Å²) >= 11 is 0. The molecule has 0 spiro atoms. The van der Waals surface area contributed by atoms with E-state index in [0.29, 0.717) is 46.0 Å². The fraction of sp³-hybridized carbons (Fsp3) is 0.382. The van der Waals surface area contributed by atoms with Crippen LogP contribution in [0, 0.1) is 5.92 Å². The van der Waals surface area contributed by atoms with E-state index in [1.807, 2.05) is 12.1 Å². The number of ether oxygens (including phenoxy) is 2. The van der Waals surface area contributed by atoms with Crippen LogP contribution >= 0.6 is 0 Å². The van der Waals surface area contributed by atoms with Gasteiger partial charge in [0.2, 0.25) is 0 Å². The van der Waals surface area contributed by atoms with Crippen LogP contribution in [0.1, 0.15) is 54.9 Å². The van der Waals surface area contributed by atoms with Crippen LogP contribution in [0.3, 0.4) is 0 Å². The van der Waals surface area contributed by atoms with Gasteiger partial charge >= 0.3 is 6.03 Å². The molecule has 2 aromatic heterocycles. The van der Waals surface area contributed by atoms with Crippen molar-refractivity contribution in [3.63, 3.8) is 0 Å². The first-order valence-corrected chi connectivity index (χ1v) is 15.2. The standard InChI is InChI=1S/C34H40FN5O4/c1-23(2)22-39-15-10-25(11-16-39)24-5-7-26(8-6-24)33(41)38-32-20-28(9-14-37-32)44-31-19-27-12-17-40(34(42)36-3)29(27)21-30(31)43-18-4-13-35/h5-9,12,14,17,19-21,23,25H,4,10-11,13,15-16,18,22H2,1-3H3,(H,36,42)(H,37,38,41). The molecule has 44 heavy (non-hydrogen) atoms. The van der Waals surface area contributed by atoms with E-state index in [-0.39, 0.29) is 25.0 Å². The molecule has 0 bridgehead atoms. The van der Waals surface area contributed by atoms with Crippen molar-refractivity contribution >= 4 is 28.7 Å². The van der Waals surface area contributed by atoms with E-state index in [2.05, 4.69) is 46.5 Å². The molecular formula is C34H40FN5O4. The molecule has 2 aromatic carbocycles. The minimum atomic E-state index is -0.513. The summed E-state index contributed by atoms with van der Waals surface area (Å²) < 4.78 is 26.2. The van der Waals surface area contributed by atoms with Crippen LogP contribution < -0.4 is 20.1 Å². The molecule has 9 nitrogen and oxygen atoms in total. The van der Waals surface area contributed by atoms with Gasteiger partial charge in [0.25, 0.3) is 5.91 Å². The SMILES string of the molecule is CNC(=O)n1ccc2cc(Oc3ccnc(NC(=O)c4ccc(C5CCN(CC(C)C)CC5)cc4)c3)c(OCCCF)cc21. The summed E-state index contributed by atoms with van der Waals surface area (Å²) in [4.78, 5) is 32.2. The maximum atomic E-state index is 13.1. The molecular weight excluding hydrogens is 561 g/mol. The van der Waals surface area contributed by atoms with Crippen LogP contribution in [0.4, 0.5) is 15.0 Å². The molecule has 1 aliphatic heterocycles. The highest BCUT2D eigenvalue weighted by Crippen LogP contribution is 2.37. The van der Waals surface area contributed by atoms with Gasteiger partial charge in [0.15, 0.2) is 11.5 Å². The Morgan fingerprint density at radius 1 is 1.05 bits per heavy atom. The van der Waals surface area contributed by atoms with Crippen molar-refractivity contribution in [3.05, 3.63) is 78.1 Å². The zero-order valence-corrected chi connectivity index (χ0v) is 25.5. The fourth-order valence-corrected chi connectivity index (χ4v) is 5.60. The molecule has 0 atom stereocenters. The topological polar surface area (TPSA) is 97.7 Å². The van der Waals surface area contributed by atoms with Crippen LogP contribution in [0.2, 0.25) is 0 Å². The van der Waals surface area contributed by atoms with Crippen molar-refractivity contribution in [2.75, 3.05) is 45.3 Å². The first-order valence-electron chi connectivity index (χ1n) is 15.2. The number of fused-ring (bicyclic) bond motifs is 1. The molecule has 10 heteroatoms. The third-order valence-electron chi connectivity index (χ3n) is 7.78. The summed E-state index contributed by atoms with van der Waals surface area (Å²) in [5.74, 6) is 2.44. The molecule has 2 N–H and O–H groups in total. The Balaban J connectivity index is 1.26. The Hall–Kier alpha value is -4.44. The lowest BCUT2D eigenvalue weighted by Crippen LogP contribution is -2.35. The molecule has 0 aliphatic carbocycles. The average Bonchev–Trinajstić information content (AvgIpc) is 3.44. The van der Waals surface area contributed by atoms with Crippen molar-refractivity contribution in [2.24, 2.45) is 5.92 Å². The van der Waals surface area contributed by atoms with Gasteiger partial charge in [-0.25, -0.2) is 9.78 Å². The summed E-state index contributed by atoms with van der Waals surface area (Å²) in [6, 6.07) is 16.1. The molecule has 232 valence electrons. The molecule has 4 aromatic rings. The summed E-state index contributed by atoms with van der Waals surface area (Å²) in [6.45, 7) is 7.51. The number of piperidine rings is 1. The smallest absolute Gasteiger partial charge is 0.325 e. The van der Waals surface area contributed by atoms with Crippen molar-refractivity contribution in [3.8, 4) is 17.2 Å². The van der Waals surface area contributed by atoms with Crippen molar-refractivity contribution in [1.29, 1.82) is 0 Å². The lowest BCUT2D eigenvalue weighted by atomic mass is 9.88. The monoisotopic (exact) mass is 601 g/mol. The number of likely N-dealkylation sites (tertiary alicyclic amines) is 1. The highest BCUT2D eigenvalue weighted by Gasteiger charge is 2.21. The van der Waals surface area contributed by atoms with Gasteiger partial charge in [-0.15, -0.1) is 0 Å². The molecule has 1 saturated heterocycles. The Morgan fingerprint density at radius 3 is 2.52 bits per heavy atom. The number of anilines is 1. The van der Waals surface area contributed by atoms with Gasteiger partial charge in [-0.05, 0) is 73.7 Å². The molecule has 1 aliphatic rings. The summed E-state index contributed by atoms with van der Waals surface area (Å²) in [7, 11) is 1.55. The van der Waals surface area contributed by atoms with E-state index in [0.717, 1.165) is 37.9 Å². The number of amides is 2. The zero-order chi connectivity index (χ0) is 31.1. The number of carbonyl (C=O) groups excluding carboxylic acids is 2. The minimum Gasteiger partial charge on any atom is -0.489 e. The van der Waals surface area contributed by atoms with E-state index in [1.165, 1.54) is 10.1 Å². The quantitative estimate of drug-likeness (QED) is 0.183. The van der Waals surface area contributed by atoms with Crippen molar-refractivity contribution in [2.45, 2.75) is 39.0 Å². The van der Waals surface area contributed by atoms with Crippen LogP contribution in [0.5, 0.6) is 17.2 Å². The zero-order valence-electron chi connectivity index (χ0n) is 25.5. The van der Waals surface area contributed by atoms with E-state index in [1.54, 1.807) is 49.8 Å². The first kappa shape index (κ1) is 31.0. The number of carbonyl (C=O) groups is 2. The number of halogens is 1. The number of nitrogens with one attached hydrogen (secondary N) is 2. The van der Waals surface area contributed by atoms with E-state index in [4.69, 9.17) is 9.47 Å². The second-order valence-electron chi connectivity index (χ2n) is 11.5. The normalized spacial score (nSPS) is 14.1. The Labute approximate surface area is 257 Å². The van der Waals surface area contributed by atoms with Gasteiger partial charge in [0.1, 0.15) is 11.6 Å². The predicted molar refractivity (Wildman–Crippen MR) is 170 cm³/mol. The third-order valence-corrected chi connectivity index (χ3v) is 7.78. The van der Waals surface area contributed by atoms with Crippen LogP contribution in [0.15, 0.2) is 67.0 Å². The highest BCUT2D eigenvalue weighted by atomic mass is 19.1. The summed E-state index contributed by atoms with van der Waals surface area (Å²) in [5, 5.41) is 6.22. The number of alkyl halides is 1. The van der Waals surface area contributed by atoms with Gasteiger partial charge in [0.05, 0.1) is 18.8 Å². The van der Waals surface area contributed by atoms with E-state index >= 15 is 0 Å². The van der Waals surface area contributed by atoms with Crippen LogP contribution in [-0.4, -0.2) is 66.4 Å². The second kappa shape index (κ2) is 14.4. The van der Waals surface area contributed by atoms with Crippen LogP contribution in [-0.2, 0) is 0 Å². The molecule has 1 fully saturated rings. The van der Waals surface area contributed by atoms with Gasteiger partial charge in [-0.2, -0.15) is 0 Å². The Bertz CT molecular complexity index is 1580. The Kier molecular flexibility index (Phi) is 10.1. The van der Waals surface area contributed by atoms with Crippen LogP contribution in [0.25, 0.3) is 10.9 Å². The minimum absolute atomic E-state index is 0.146. The molecule has 3 heterocycles. The predicted octanol–water partition coefficient (Wildman–Crippen LogP) is 6.84. The number of rotatable bonds is 11. The molecule has 0 radical (unpaired) electrons. The third kappa shape index (κ3) is 7.55. The van der Waals surface area contributed by atoms with Gasteiger partial charge in [0, 0.05) is 55.5 Å². The number of hydrogen-bond donors (Lipinski definition) is 2. The summed E-state index contributed by atoms with van der Waals surface area (Å²) in [6.07, 6.45) is 5.68. The lowest BCUT2D eigenvalue weighted by molar-refractivity contribution is 0.102. The number of pyridine rings is 1. The van der Waals surface area contributed by atoms with Gasteiger partial charge < -0.3 is 25.0 Å². The molecule has 5 rings (SSSR count). The van der Waals surface area contributed by atoms with E-state index in [9.17, 15) is 14.0 Å². The van der Waals surface area contributed by atoms with Gasteiger partial charge in [-0.3, -0.25) is 13.8 Å². The second-order valence-corrected chi connectivity index (χ2v) is 11.5. The van der Waals surface area contributed by atoms with E-state index < -0.39 is 6.67 Å². The molecule has 0 unspecified atom stereocenters. The van der Waals surface area contributed by atoms with Crippen molar-refractivity contribution < 1.29 is 23.5 Å². The number of nitrogens with zero attached hydrogens (tertiary/aromatic N) is 3. The fourth-order valence-electron chi connectivity index (χ4n) is 5.60. The maximum absolute atomic E-state index is 13.1. The van der Waals surface area contributed by atoms with Crippen molar-refractivity contribution in [1.82, 2.24) is 19.8 Å². The first-order chi connectivity index (χ1) is 21.3. The highest BCUT2D eigenvalue weighted by molar-refractivity contribution is 6.03. The molecule has 0 saturated carbocycles. The number of benzene rings is 2. The maximum Gasteiger partial charge on any atom is 0.325 e.